The maximum atomic E-state index is 5.78. The normalized spacial score (nSPS) is 11.0. The van der Waals surface area contributed by atoms with Crippen LogP contribution in [0.4, 0.5) is 0 Å². The topological polar surface area (TPSA) is 47.9 Å². The second-order valence-corrected chi connectivity index (χ2v) is 8.64. The molecule has 0 bridgehead atoms. The third-order valence-electron chi connectivity index (χ3n) is 5.77. The first-order chi connectivity index (χ1) is 15.3. The molecule has 0 aliphatic rings. The van der Waals surface area contributed by atoms with E-state index in [1.54, 1.807) is 12.4 Å². The molecule has 172 valence electrons. The molecule has 2 aromatic rings. The molecule has 0 N–H and O–H groups in total. The van der Waals surface area contributed by atoms with Crippen LogP contribution in [0, 0.1) is 0 Å². The summed E-state index contributed by atoms with van der Waals surface area (Å²) in [6.07, 6.45) is 25.0. The zero-order valence-corrected chi connectivity index (χ0v) is 20.0. The van der Waals surface area contributed by atoms with Gasteiger partial charge in [0, 0.05) is 6.20 Å². The number of nitrogens with zero attached hydrogens (tertiary/aromatic N) is 3. The Balaban J connectivity index is 1.63. The maximum absolute atomic E-state index is 5.78. The van der Waals surface area contributed by atoms with Crippen LogP contribution in [0.15, 0.2) is 30.7 Å². The number of hydrogen-bond donors (Lipinski definition) is 0. The van der Waals surface area contributed by atoms with Crippen molar-refractivity contribution in [3.8, 4) is 17.3 Å². The van der Waals surface area contributed by atoms with Crippen LogP contribution in [0.25, 0.3) is 11.5 Å². The number of aromatic nitrogens is 3. The van der Waals surface area contributed by atoms with Crippen LogP contribution < -0.4 is 4.74 Å². The molecule has 0 saturated carbocycles. The van der Waals surface area contributed by atoms with Crippen LogP contribution in [0.1, 0.15) is 109 Å². The number of hydrogen-bond acceptors (Lipinski definition) is 4. The molecule has 0 radical (unpaired) electrons. The van der Waals surface area contributed by atoms with Crippen LogP contribution in [0.2, 0.25) is 0 Å². The fourth-order valence-electron chi connectivity index (χ4n) is 3.76. The molecule has 0 fully saturated rings. The molecule has 4 heteroatoms. The van der Waals surface area contributed by atoms with Gasteiger partial charge in [0.1, 0.15) is 5.69 Å². The maximum Gasteiger partial charge on any atom is 0.178 e. The summed E-state index contributed by atoms with van der Waals surface area (Å²) < 4.78 is 5.78. The van der Waals surface area contributed by atoms with Gasteiger partial charge in [-0.3, -0.25) is 4.98 Å². The van der Waals surface area contributed by atoms with Crippen molar-refractivity contribution >= 4 is 0 Å². The zero-order valence-electron chi connectivity index (χ0n) is 20.0. The quantitative estimate of drug-likeness (QED) is 0.227. The number of unbranched alkanes of at least 4 members (excludes halogenated alkanes) is 12. The summed E-state index contributed by atoms with van der Waals surface area (Å²) in [6, 6.07) is 4.19. The van der Waals surface area contributed by atoms with Gasteiger partial charge < -0.3 is 4.74 Å². The van der Waals surface area contributed by atoms with E-state index in [9.17, 15) is 0 Å². The van der Waals surface area contributed by atoms with E-state index in [2.05, 4.69) is 34.9 Å². The minimum absolute atomic E-state index is 0.658. The highest BCUT2D eigenvalue weighted by atomic mass is 16.5. The van der Waals surface area contributed by atoms with Crippen LogP contribution in [-0.2, 0) is 6.42 Å². The van der Waals surface area contributed by atoms with Crippen LogP contribution in [0.5, 0.6) is 5.75 Å². The lowest BCUT2D eigenvalue weighted by molar-refractivity contribution is 0.302. The first-order valence-corrected chi connectivity index (χ1v) is 12.7. The summed E-state index contributed by atoms with van der Waals surface area (Å²) >= 11 is 0. The number of pyridine rings is 1. The minimum Gasteiger partial charge on any atom is -0.490 e. The Hall–Kier alpha value is -1.97. The Bertz CT molecular complexity index is 670. The van der Waals surface area contributed by atoms with Gasteiger partial charge in [-0.25, -0.2) is 9.97 Å². The van der Waals surface area contributed by atoms with E-state index in [4.69, 9.17) is 4.74 Å². The van der Waals surface area contributed by atoms with Crippen molar-refractivity contribution in [2.75, 3.05) is 6.61 Å². The van der Waals surface area contributed by atoms with E-state index in [-0.39, 0.29) is 0 Å². The third-order valence-corrected chi connectivity index (χ3v) is 5.77. The molecule has 31 heavy (non-hydrogen) atoms. The minimum atomic E-state index is 0.658. The highest BCUT2D eigenvalue weighted by Crippen LogP contribution is 2.17. The lowest BCUT2D eigenvalue weighted by Gasteiger charge is -2.07. The van der Waals surface area contributed by atoms with E-state index in [0.717, 1.165) is 30.9 Å². The Kier molecular flexibility index (Phi) is 13.6. The molecule has 0 amide bonds. The Morgan fingerprint density at radius 3 is 1.77 bits per heavy atom. The highest BCUT2D eigenvalue weighted by molar-refractivity contribution is 5.49. The molecule has 4 nitrogen and oxygen atoms in total. The molecule has 0 aliphatic heterocycles. The molecule has 0 aliphatic carbocycles. The second kappa shape index (κ2) is 16.7. The van der Waals surface area contributed by atoms with Crippen LogP contribution in [0.3, 0.4) is 0 Å². The van der Waals surface area contributed by atoms with E-state index in [1.807, 2.05) is 12.3 Å². The molecule has 0 atom stereocenters. The average Bonchev–Trinajstić information content (AvgIpc) is 2.81. The van der Waals surface area contributed by atoms with Gasteiger partial charge in [-0.1, -0.05) is 97.0 Å². The molecule has 2 aromatic heterocycles. The van der Waals surface area contributed by atoms with Gasteiger partial charge in [-0.05, 0) is 30.9 Å². The van der Waals surface area contributed by atoms with Gasteiger partial charge in [0.15, 0.2) is 11.6 Å². The monoisotopic (exact) mass is 425 g/mol. The van der Waals surface area contributed by atoms with Crippen molar-refractivity contribution in [2.24, 2.45) is 0 Å². The van der Waals surface area contributed by atoms with Crippen molar-refractivity contribution in [3.63, 3.8) is 0 Å². The van der Waals surface area contributed by atoms with Gasteiger partial charge >= 0.3 is 0 Å². The largest absolute Gasteiger partial charge is 0.490 e. The Morgan fingerprint density at radius 2 is 1.19 bits per heavy atom. The molecule has 0 unspecified atom stereocenters. The van der Waals surface area contributed by atoms with E-state index in [1.165, 1.54) is 89.0 Å². The summed E-state index contributed by atoms with van der Waals surface area (Å²) in [5.74, 6) is 1.40. The van der Waals surface area contributed by atoms with Crippen LogP contribution >= 0.6 is 0 Å². The summed E-state index contributed by atoms with van der Waals surface area (Å²) in [5, 5.41) is 0. The lowest BCUT2D eigenvalue weighted by Crippen LogP contribution is -1.99. The van der Waals surface area contributed by atoms with Crippen molar-refractivity contribution in [2.45, 2.75) is 110 Å². The lowest BCUT2D eigenvalue weighted by atomic mass is 10.1. The molecule has 0 aromatic carbocycles. The van der Waals surface area contributed by atoms with E-state index < -0.39 is 0 Å². The smallest absolute Gasteiger partial charge is 0.178 e. The Labute approximate surface area is 190 Å². The van der Waals surface area contributed by atoms with E-state index in [0.29, 0.717) is 5.82 Å². The zero-order chi connectivity index (χ0) is 22.0. The van der Waals surface area contributed by atoms with Crippen molar-refractivity contribution < 1.29 is 4.74 Å². The van der Waals surface area contributed by atoms with Gasteiger partial charge in [0.05, 0.1) is 19.0 Å². The van der Waals surface area contributed by atoms with Crippen LogP contribution in [-0.4, -0.2) is 21.6 Å². The van der Waals surface area contributed by atoms with Crippen molar-refractivity contribution in [1.82, 2.24) is 15.0 Å². The first kappa shape index (κ1) is 25.3. The van der Waals surface area contributed by atoms with Gasteiger partial charge in [-0.15, -0.1) is 0 Å². The van der Waals surface area contributed by atoms with E-state index >= 15 is 0 Å². The molecule has 0 spiro atoms. The number of ether oxygens (including phenoxy) is 1. The summed E-state index contributed by atoms with van der Waals surface area (Å²) in [7, 11) is 0. The number of aryl methyl sites for hydroxylation is 1. The van der Waals surface area contributed by atoms with Gasteiger partial charge in [0.2, 0.25) is 0 Å². The summed E-state index contributed by atoms with van der Waals surface area (Å²) in [6.45, 7) is 5.26. The molecular weight excluding hydrogens is 382 g/mol. The third kappa shape index (κ3) is 11.3. The standard InChI is InChI=1S/C27H43N3O/c1-3-5-7-9-11-13-15-17-24-18-19-26(28-21-24)27-29-22-25(23-30-27)31-20-16-14-12-10-8-6-4-2/h18-19,21-23H,3-17,20H2,1-2H3. The second-order valence-electron chi connectivity index (χ2n) is 8.64. The Morgan fingerprint density at radius 1 is 0.613 bits per heavy atom. The van der Waals surface area contributed by atoms with Crippen molar-refractivity contribution in [1.29, 1.82) is 0 Å². The summed E-state index contributed by atoms with van der Waals surface area (Å²) in [5.41, 5.74) is 2.12. The van der Waals surface area contributed by atoms with Crippen molar-refractivity contribution in [3.05, 3.63) is 36.3 Å². The predicted octanol–water partition coefficient (Wildman–Crippen LogP) is 7.96. The molecule has 2 heterocycles. The SMILES string of the molecule is CCCCCCCCCOc1cnc(-c2ccc(CCCCCCCCC)cn2)nc1. The molecule has 2 rings (SSSR count). The number of rotatable bonds is 18. The van der Waals surface area contributed by atoms with Gasteiger partial charge in [0.25, 0.3) is 0 Å². The molecule has 0 saturated heterocycles. The van der Waals surface area contributed by atoms with Gasteiger partial charge in [-0.2, -0.15) is 0 Å². The first-order valence-electron chi connectivity index (χ1n) is 12.7. The average molecular weight is 426 g/mol. The molecular formula is C27H43N3O. The predicted molar refractivity (Wildman–Crippen MR) is 130 cm³/mol. The fourth-order valence-corrected chi connectivity index (χ4v) is 3.76. The summed E-state index contributed by atoms with van der Waals surface area (Å²) in [4.78, 5) is 13.4. The fraction of sp³-hybridized carbons (Fsp3) is 0.667. The highest BCUT2D eigenvalue weighted by Gasteiger charge is 2.04.